The zero-order chi connectivity index (χ0) is 43.0. The van der Waals surface area contributed by atoms with Gasteiger partial charge in [-0.15, -0.1) is 0 Å². The van der Waals surface area contributed by atoms with Gasteiger partial charge in [0.05, 0.1) is 25.4 Å². The summed E-state index contributed by atoms with van der Waals surface area (Å²) >= 11 is 0. The Hall–Kier alpha value is -2.91. The highest BCUT2D eigenvalue weighted by Gasteiger charge is 2.49. The molecule has 1 fully saturated rings. The number of methoxy groups -OCH3 is 1. The van der Waals surface area contributed by atoms with Crippen molar-refractivity contribution in [2.45, 2.75) is 125 Å². The van der Waals surface area contributed by atoms with Crippen LogP contribution in [0, 0.1) is 29.1 Å². The van der Waals surface area contributed by atoms with Crippen molar-refractivity contribution in [2.75, 3.05) is 66.3 Å². The molecule has 0 spiro atoms. The van der Waals surface area contributed by atoms with Gasteiger partial charge >= 0.3 is 12.1 Å². The SMILES string of the molecule is COCCCCOc1cc(OCCN2CCOCC2)ccc1C(=O)NC[C@@H](C[C@H](NC(=O)OC(C)(C)C)[C@@H](C[C@@](O[SiH](C)C)(C(=O)O)C(C)C)C(C)(C)C)C(C)C. The van der Waals surface area contributed by atoms with E-state index < -0.39 is 43.8 Å². The monoisotopic (exact) mass is 824 g/mol. The summed E-state index contributed by atoms with van der Waals surface area (Å²) in [5, 5.41) is 17.1. The van der Waals surface area contributed by atoms with Crippen molar-refractivity contribution in [3.8, 4) is 11.5 Å². The van der Waals surface area contributed by atoms with Gasteiger partial charge in [0, 0.05) is 52.0 Å². The number of ether oxygens (including phenoxy) is 5. The quantitative estimate of drug-likeness (QED) is 0.0728. The number of nitrogens with zero attached hydrogens (tertiary/aromatic N) is 1. The van der Waals surface area contributed by atoms with Crippen LogP contribution in [0.4, 0.5) is 4.79 Å². The predicted octanol–water partition coefficient (Wildman–Crippen LogP) is 7.02. The minimum Gasteiger partial charge on any atom is -0.493 e. The van der Waals surface area contributed by atoms with Crippen LogP contribution in [0.3, 0.4) is 0 Å². The Bertz CT molecular complexity index is 1370. The summed E-state index contributed by atoms with van der Waals surface area (Å²) in [5.74, 6) is -0.867. The van der Waals surface area contributed by atoms with Gasteiger partial charge in [-0.3, -0.25) is 9.69 Å². The molecule has 328 valence electrons. The van der Waals surface area contributed by atoms with Crippen molar-refractivity contribution in [1.82, 2.24) is 15.5 Å². The molecular weight excluding hydrogens is 747 g/mol. The molecule has 1 saturated heterocycles. The van der Waals surface area contributed by atoms with Crippen LogP contribution < -0.4 is 20.1 Å². The molecule has 0 bridgehead atoms. The number of carboxylic acids is 1. The Balaban J connectivity index is 2.41. The fourth-order valence-corrected chi connectivity index (χ4v) is 8.48. The molecular formula is C43H77N3O10Si. The summed E-state index contributed by atoms with van der Waals surface area (Å²) in [6, 6.07) is 4.82. The minimum absolute atomic E-state index is 0.0984. The van der Waals surface area contributed by atoms with Crippen LogP contribution in [-0.2, 0) is 23.4 Å². The number of benzene rings is 1. The van der Waals surface area contributed by atoms with Crippen molar-refractivity contribution >= 4 is 27.0 Å². The Morgan fingerprint density at radius 3 is 2.14 bits per heavy atom. The van der Waals surface area contributed by atoms with Gasteiger partial charge in [0.1, 0.15) is 23.7 Å². The molecule has 3 N–H and O–H groups in total. The molecule has 0 unspecified atom stereocenters. The third-order valence-electron chi connectivity index (χ3n) is 10.6. The lowest BCUT2D eigenvalue weighted by molar-refractivity contribution is -0.164. The largest absolute Gasteiger partial charge is 0.493 e. The van der Waals surface area contributed by atoms with Gasteiger partial charge in [0.15, 0.2) is 14.6 Å². The lowest BCUT2D eigenvalue weighted by Crippen LogP contribution is -2.56. The molecule has 57 heavy (non-hydrogen) atoms. The summed E-state index contributed by atoms with van der Waals surface area (Å²) in [7, 11) is -0.142. The third-order valence-corrected chi connectivity index (χ3v) is 11.5. The maximum atomic E-state index is 14.0. The number of morpholine rings is 1. The zero-order valence-corrected chi connectivity index (χ0v) is 38.6. The van der Waals surface area contributed by atoms with Crippen LogP contribution in [-0.4, -0.2) is 121 Å². The van der Waals surface area contributed by atoms with E-state index >= 15 is 0 Å². The summed E-state index contributed by atoms with van der Waals surface area (Å²) in [6.45, 7) is 29.4. The number of unbranched alkanes of at least 4 members (excludes halogenated alkanes) is 1. The first-order valence-corrected chi connectivity index (χ1v) is 23.7. The summed E-state index contributed by atoms with van der Waals surface area (Å²) in [4.78, 5) is 42.9. The summed E-state index contributed by atoms with van der Waals surface area (Å²) < 4.78 is 35.1. The van der Waals surface area contributed by atoms with Crippen molar-refractivity contribution in [1.29, 1.82) is 0 Å². The van der Waals surface area contributed by atoms with E-state index in [1.54, 1.807) is 25.3 Å². The number of alkyl carbamates (subject to hydrolysis) is 1. The van der Waals surface area contributed by atoms with E-state index in [2.05, 4.69) is 50.2 Å². The van der Waals surface area contributed by atoms with Gasteiger partial charge in [-0.2, -0.15) is 0 Å². The van der Waals surface area contributed by atoms with Gasteiger partial charge in [-0.1, -0.05) is 48.5 Å². The molecule has 2 amide bonds. The number of carbonyl (C=O) groups excluding carboxylic acids is 2. The van der Waals surface area contributed by atoms with Crippen LogP contribution in [0.15, 0.2) is 18.2 Å². The van der Waals surface area contributed by atoms with E-state index in [4.69, 9.17) is 28.1 Å². The predicted molar refractivity (Wildman–Crippen MR) is 227 cm³/mol. The third kappa shape index (κ3) is 17.5. The molecule has 1 aliphatic heterocycles. The second-order valence-corrected chi connectivity index (χ2v) is 20.7. The molecule has 2 rings (SSSR count). The Labute approximate surface area is 345 Å². The Morgan fingerprint density at radius 1 is 0.947 bits per heavy atom. The number of hydrogen-bond acceptors (Lipinski definition) is 10. The number of carboxylic acid groups (broad SMARTS) is 1. The van der Waals surface area contributed by atoms with E-state index in [-0.39, 0.29) is 36.0 Å². The van der Waals surface area contributed by atoms with Crippen molar-refractivity contribution < 1.29 is 47.6 Å². The second kappa shape index (κ2) is 23.6. The average Bonchev–Trinajstić information content (AvgIpc) is 3.09. The molecule has 1 aromatic carbocycles. The van der Waals surface area contributed by atoms with Gasteiger partial charge in [-0.05, 0) is 101 Å². The number of amides is 2. The molecule has 13 nitrogen and oxygen atoms in total. The highest BCUT2D eigenvalue weighted by molar-refractivity contribution is 6.48. The van der Waals surface area contributed by atoms with Gasteiger partial charge in [-0.25, -0.2) is 9.59 Å². The van der Waals surface area contributed by atoms with Crippen LogP contribution in [0.2, 0.25) is 13.1 Å². The second-order valence-electron chi connectivity index (χ2n) is 18.4. The van der Waals surface area contributed by atoms with Crippen molar-refractivity contribution in [3.05, 3.63) is 23.8 Å². The first-order chi connectivity index (χ1) is 26.6. The molecule has 1 heterocycles. The number of nitrogens with one attached hydrogen (secondary N) is 2. The molecule has 4 atom stereocenters. The number of hydrogen-bond donors (Lipinski definition) is 3. The maximum Gasteiger partial charge on any atom is 0.407 e. The van der Waals surface area contributed by atoms with Crippen LogP contribution in [0.5, 0.6) is 11.5 Å². The Kier molecular flexibility index (Phi) is 20.8. The average molecular weight is 824 g/mol. The van der Waals surface area contributed by atoms with E-state index in [1.165, 1.54) is 0 Å². The normalized spacial score (nSPS) is 16.8. The van der Waals surface area contributed by atoms with E-state index in [1.807, 2.05) is 47.7 Å². The Morgan fingerprint density at radius 2 is 1.60 bits per heavy atom. The molecule has 1 aliphatic rings. The summed E-state index contributed by atoms with van der Waals surface area (Å²) in [6.07, 6.45) is 1.67. The standard InChI is InChI=1S/C43H77N3O10Si/c1-30(2)32(26-36(45-40(50)55-42(8,9)10)35(41(5,6)7)28-43(31(3)4,39(48)49)56-57(12)13)29-44-38(47)34-17-16-33(27-37(34)54-22-15-14-21-51-11)53-25-20-46-18-23-52-24-19-46/h16-17,27,30-32,35-36,57H,14-15,18-26,28-29H2,1-13H3,(H,44,47)(H,45,50)(H,48,49)/t32-,35-,36+,43+/m1/s1. The fraction of sp³-hybridized carbons (Fsp3) is 0.791. The van der Waals surface area contributed by atoms with Gasteiger partial charge in [0.2, 0.25) is 0 Å². The van der Waals surface area contributed by atoms with Crippen LogP contribution in [0.1, 0.15) is 105 Å². The number of aliphatic carboxylic acids is 1. The van der Waals surface area contributed by atoms with Gasteiger partial charge < -0.3 is 43.9 Å². The molecule has 0 radical (unpaired) electrons. The molecule has 0 saturated carbocycles. The minimum atomic E-state index is -1.81. The van der Waals surface area contributed by atoms with E-state index in [9.17, 15) is 19.5 Å². The summed E-state index contributed by atoms with van der Waals surface area (Å²) in [5.41, 5.74) is -2.21. The topological polar surface area (TPSA) is 154 Å². The lowest BCUT2D eigenvalue weighted by Gasteiger charge is -2.46. The fourth-order valence-electron chi connectivity index (χ4n) is 7.17. The first-order valence-electron chi connectivity index (χ1n) is 21.0. The zero-order valence-electron chi connectivity index (χ0n) is 37.5. The molecule has 1 aromatic rings. The molecule has 0 aromatic heterocycles. The van der Waals surface area contributed by atoms with E-state index in [0.717, 1.165) is 45.7 Å². The van der Waals surface area contributed by atoms with E-state index in [0.29, 0.717) is 49.8 Å². The number of carbonyl (C=O) groups is 3. The highest BCUT2D eigenvalue weighted by Crippen LogP contribution is 2.42. The van der Waals surface area contributed by atoms with Crippen molar-refractivity contribution in [3.63, 3.8) is 0 Å². The first kappa shape index (κ1) is 50.2. The number of rotatable bonds is 24. The highest BCUT2D eigenvalue weighted by atomic mass is 28.3. The smallest absolute Gasteiger partial charge is 0.407 e. The van der Waals surface area contributed by atoms with Gasteiger partial charge in [0.25, 0.3) is 5.91 Å². The van der Waals surface area contributed by atoms with Crippen LogP contribution >= 0.6 is 0 Å². The lowest BCUT2D eigenvalue weighted by atomic mass is 9.66. The van der Waals surface area contributed by atoms with Crippen molar-refractivity contribution in [2.24, 2.45) is 29.1 Å². The maximum absolute atomic E-state index is 14.0. The molecule has 14 heteroatoms. The molecule has 0 aliphatic carbocycles. The van der Waals surface area contributed by atoms with Crippen LogP contribution in [0.25, 0.3) is 0 Å².